The van der Waals surface area contributed by atoms with Gasteiger partial charge in [0, 0.05) is 0 Å². The van der Waals surface area contributed by atoms with Gasteiger partial charge in [-0.3, -0.25) is 9.69 Å². The van der Waals surface area contributed by atoms with Gasteiger partial charge < -0.3 is 9.84 Å². The normalized spacial score (nSPS) is 19.1. The first-order chi connectivity index (χ1) is 9.29. The molecule has 1 aromatic rings. The summed E-state index contributed by atoms with van der Waals surface area (Å²) in [4.78, 5) is 23.0. The smallest absolute Gasteiger partial charge is 0.416 e. The Bertz CT molecular complexity index is 526. The summed E-state index contributed by atoms with van der Waals surface area (Å²) >= 11 is 0. The fraction of sp³-hybridized carbons (Fsp3) is 0.333. The van der Waals surface area contributed by atoms with Crippen LogP contribution in [0.15, 0.2) is 24.3 Å². The van der Waals surface area contributed by atoms with E-state index in [9.17, 15) is 22.8 Å². The fourth-order valence-electron chi connectivity index (χ4n) is 1.94. The molecule has 0 spiro atoms. The minimum Gasteiger partial charge on any atom is -0.480 e. The number of aliphatic carboxylic acids is 1. The highest BCUT2D eigenvalue weighted by Gasteiger charge is 2.36. The van der Waals surface area contributed by atoms with Crippen molar-refractivity contribution in [2.45, 2.75) is 12.2 Å². The molecule has 0 bridgehead atoms. The number of carbonyl (C=O) groups is 2. The van der Waals surface area contributed by atoms with Crippen LogP contribution in [0.1, 0.15) is 17.2 Å². The van der Waals surface area contributed by atoms with Crippen molar-refractivity contribution in [2.75, 3.05) is 13.2 Å². The molecule has 0 aromatic heterocycles. The number of nitrogens with zero attached hydrogens (tertiary/aromatic N) is 1. The first-order valence-electron chi connectivity index (χ1n) is 5.61. The number of hydrogen-bond acceptors (Lipinski definition) is 3. The van der Waals surface area contributed by atoms with Crippen LogP contribution >= 0.6 is 0 Å². The average molecular weight is 289 g/mol. The topological polar surface area (TPSA) is 66.8 Å². The second-order valence-electron chi connectivity index (χ2n) is 4.23. The zero-order chi connectivity index (χ0) is 14.9. The predicted octanol–water partition coefficient (Wildman–Crippen LogP) is 2.28. The van der Waals surface area contributed by atoms with Crippen molar-refractivity contribution in [3.05, 3.63) is 35.4 Å². The van der Waals surface area contributed by atoms with Gasteiger partial charge in [-0.2, -0.15) is 13.2 Å². The Balaban J connectivity index is 2.22. The van der Waals surface area contributed by atoms with Crippen LogP contribution in [-0.2, 0) is 15.7 Å². The van der Waals surface area contributed by atoms with E-state index in [0.717, 1.165) is 17.0 Å². The minimum atomic E-state index is -4.44. The van der Waals surface area contributed by atoms with Crippen LogP contribution in [0.5, 0.6) is 0 Å². The van der Waals surface area contributed by atoms with Crippen LogP contribution in [-0.4, -0.2) is 35.2 Å². The molecule has 1 fully saturated rings. The summed E-state index contributed by atoms with van der Waals surface area (Å²) < 4.78 is 42.1. The molecule has 108 valence electrons. The first kappa shape index (κ1) is 14.2. The van der Waals surface area contributed by atoms with Gasteiger partial charge >= 0.3 is 18.2 Å². The number of carboxylic acid groups (broad SMARTS) is 1. The van der Waals surface area contributed by atoms with Crippen molar-refractivity contribution in [1.29, 1.82) is 0 Å². The summed E-state index contributed by atoms with van der Waals surface area (Å²) in [5.74, 6) is -1.22. The van der Waals surface area contributed by atoms with Crippen molar-refractivity contribution in [3.63, 3.8) is 0 Å². The van der Waals surface area contributed by atoms with Crippen molar-refractivity contribution in [3.8, 4) is 0 Å². The molecule has 8 heteroatoms. The summed E-state index contributed by atoms with van der Waals surface area (Å²) in [6, 6.07) is 3.50. The van der Waals surface area contributed by atoms with Crippen LogP contribution in [0.25, 0.3) is 0 Å². The third-order valence-corrected chi connectivity index (χ3v) is 2.90. The van der Waals surface area contributed by atoms with E-state index < -0.39 is 36.4 Å². The van der Waals surface area contributed by atoms with Gasteiger partial charge in [0.15, 0.2) is 0 Å². The number of amides is 1. The number of cyclic esters (lactones) is 1. The molecule has 0 radical (unpaired) electrons. The lowest BCUT2D eigenvalue weighted by atomic mass is 10.0. The molecule has 1 amide bonds. The second kappa shape index (κ2) is 5.03. The van der Waals surface area contributed by atoms with E-state index >= 15 is 0 Å². The molecule has 0 aliphatic carbocycles. The van der Waals surface area contributed by atoms with Crippen molar-refractivity contribution in [1.82, 2.24) is 4.90 Å². The Morgan fingerprint density at radius 3 is 2.45 bits per heavy atom. The van der Waals surface area contributed by atoms with E-state index in [4.69, 9.17) is 9.84 Å². The molecule has 20 heavy (non-hydrogen) atoms. The maximum atomic E-state index is 12.4. The Labute approximate surface area is 111 Å². The lowest BCUT2D eigenvalue weighted by Crippen LogP contribution is -2.32. The minimum absolute atomic E-state index is 0.0858. The van der Waals surface area contributed by atoms with Gasteiger partial charge in [-0.05, 0) is 17.7 Å². The lowest BCUT2D eigenvalue weighted by Gasteiger charge is -2.20. The Morgan fingerprint density at radius 2 is 1.95 bits per heavy atom. The Kier molecular flexibility index (Phi) is 3.56. The molecule has 2 rings (SSSR count). The number of carboxylic acids is 1. The quantitative estimate of drug-likeness (QED) is 0.927. The Hall–Kier alpha value is -2.25. The number of rotatable bonds is 3. The average Bonchev–Trinajstić information content (AvgIpc) is 2.70. The summed E-state index contributed by atoms with van der Waals surface area (Å²) in [5, 5.41) is 8.71. The zero-order valence-electron chi connectivity index (χ0n) is 10.1. The fourth-order valence-corrected chi connectivity index (χ4v) is 1.94. The SMILES string of the molecule is O=C(O)CN1C(=O)OCC1c1ccc(C(F)(F)F)cc1. The predicted molar refractivity (Wildman–Crippen MR) is 59.9 cm³/mol. The molecule has 1 saturated heterocycles. The molecule has 1 aliphatic rings. The maximum absolute atomic E-state index is 12.4. The number of ether oxygens (including phenoxy) is 1. The molecule has 1 atom stereocenters. The summed E-state index contributed by atoms with van der Waals surface area (Å²) in [6.45, 7) is -0.651. The standard InChI is InChI=1S/C12H10F3NO4/c13-12(14,15)8-3-1-7(2-4-8)9-6-20-11(19)16(9)5-10(17)18/h1-4,9H,5-6H2,(H,17,18). The van der Waals surface area contributed by atoms with Crippen LogP contribution in [0.4, 0.5) is 18.0 Å². The third kappa shape index (κ3) is 2.84. The number of halogens is 3. The summed E-state index contributed by atoms with van der Waals surface area (Å²) in [6.07, 6.45) is -5.24. The van der Waals surface area contributed by atoms with Crippen LogP contribution < -0.4 is 0 Å². The van der Waals surface area contributed by atoms with Gasteiger partial charge in [0.05, 0.1) is 11.6 Å². The van der Waals surface area contributed by atoms with E-state index in [1.807, 2.05) is 0 Å². The zero-order valence-corrected chi connectivity index (χ0v) is 10.1. The third-order valence-electron chi connectivity index (χ3n) is 2.90. The van der Waals surface area contributed by atoms with Crippen molar-refractivity contribution in [2.24, 2.45) is 0 Å². The van der Waals surface area contributed by atoms with Gasteiger partial charge in [-0.25, -0.2) is 4.79 Å². The molecule has 1 aromatic carbocycles. The van der Waals surface area contributed by atoms with Gasteiger partial charge in [0.2, 0.25) is 0 Å². The van der Waals surface area contributed by atoms with Crippen molar-refractivity contribution < 1.29 is 32.6 Å². The van der Waals surface area contributed by atoms with E-state index in [1.54, 1.807) is 0 Å². The van der Waals surface area contributed by atoms with E-state index in [0.29, 0.717) is 5.56 Å². The molecule has 0 saturated carbocycles. The van der Waals surface area contributed by atoms with Crippen LogP contribution in [0.2, 0.25) is 0 Å². The van der Waals surface area contributed by atoms with Crippen molar-refractivity contribution >= 4 is 12.1 Å². The van der Waals surface area contributed by atoms with Gasteiger partial charge in [0.25, 0.3) is 0 Å². The van der Waals surface area contributed by atoms with Gasteiger partial charge in [0.1, 0.15) is 13.2 Å². The molecule has 1 unspecified atom stereocenters. The lowest BCUT2D eigenvalue weighted by molar-refractivity contribution is -0.138. The first-order valence-corrected chi connectivity index (χ1v) is 5.61. The van der Waals surface area contributed by atoms with Gasteiger partial charge in [-0.15, -0.1) is 0 Å². The summed E-state index contributed by atoms with van der Waals surface area (Å²) in [5.41, 5.74) is -0.415. The largest absolute Gasteiger partial charge is 0.480 e. The highest BCUT2D eigenvalue weighted by Crippen LogP contribution is 2.32. The molecule has 5 nitrogen and oxygen atoms in total. The van der Waals surface area contributed by atoms with E-state index in [-0.39, 0.29) is 6.61 Å². The van der Waals surface area contributed by atoms with Crippen LogP contribution in [0, 0.1) is 0 Å². The highest BCUT2D eigenvalue weighted by atomic mass is 19.4. The number of benzene rings is 1. The number of alkyl halides is 3. The number of carbonyl (C=O) groups excluding carboxylic acids is 1. The van der Waals surface area contributed by atoms with E-state index in [2.05, 4.69) is 0 Å². The second-order valence-corrected chi connectivity index (χ2v) is 4.23. The maximum Gasteiger partial charge on any atom is 0.416 e. The highest BCUT2D eigenvalue weighted by molar-refractivity contribution is 5.78. The Morgan fingerprint density at radius 1 is 1.35 bits per heavy atom. The molecule has 1 aliphatic heterocycles. The monoisotopic (exact) mass is 289 g/mol. The molecule has 1 heterocycles. The van der Waals surface area contributed by atoms with Crippen LogP contribution in [0.3, 0.4) is 0 Å². The van der Waals surface area contributed by atoms with Gasteiger partial charge in [-0.1, -0.05) is 12.1 Å². The number of hydrogen-bond donors (Lipinski definition) is 1. The molecular formula is C12H10F3NO4. The summed E-state index contributed by atoms with van der Waals surface area (Å²) in [7, 11) is 0. The molecular weight excluding hydrogens is 279 g/mol. The van der Waals surface area contributed by atoms with E-state index in [1.165, 1.54) is 12.1 Å². The molecule has 1 N–H and O–H groups in total.